The maximum absolute atomic E-state index is 13.0. The summed E-state index contributed by atoms with van der Waals surface area (Å²) < 4.78 is 25.8. The molecule has 3 nitrogen and oxygen atoms in total. The quantitative estimate of drug-likeness (QED) is 0.807. The first-order chi connectivity index (χ1) is 11.6. The van der Waals surface area contributed by atoms with E-state index in [1.54, 1.807) is 35.2 Å². The first-order valence-electron chi connectivity index (χ1n) is 7.85. The highest BCUT2D eigenvalue weighted by molar-refractivity contribution is 5.91. The van der Waals surface area contributed by atoms with Crippen LogP contribution in [0.25, 0.3) is 6.08 Å². The second-order valence-corrected chi connectivity index (χ2v) is 5.67. The Labute approximate surface area is 139 Å². The topological polar surface area (TPSA) is 23.6 Å². The molecule has 0 atom stereocenters. The Hall–Kier alpha value is -2.69. The van der Waals surface area contributed by atoms with Crippen molar-refractivity contribution in [2.75, 3.05) is 31.1 Å². The van der Waals surface area contributed by atoms with Gasteiger partial charge in [0.2, 0.25) is 5.91 Å². The first kappa shape index (κ1) is 16.2. The van der Waals surface area contributed by atoms with Crippen LogP contribution in [0.2, 0.25) is 0 Å². The third kappa shape index (κ3) is 3.98. The summed E-state index contributed by atoms with van der Waals surface area (Å²) in [6.45, 7) is 2.65. The second kappa shape index (κ2) is 7.25. The van der Waals surface area contributed by atoms with Gasteiger partial charge in [0.1, 0.15) is 11.6 Å². The molecule has 0 saturated carbocycles. The maximum atomic E-state index is 13.0. The Bertz CT molecular complexity index is 718. The molecule has 0 spiro atoms. The van der Waals surface area contributed by atoms with Gasteiger partial charge in [-0.15, -0.1) is 0 Å². The van der Waals surface area contributed by atoms with E-state index >= 15 is 0 Å². The number of carbonyl (C=O) groups is 1. The number of nitrogens with zero attached hydrogens (tertiary/aromatic N) is 2. The van der Waals surface area contributed by atoms with E-state index in [1.807, 2.05) is 0 Å². The summed E-state index contributed by atoms with van der Waals surface area (Å²) in [6, 6.07) is 12.4. The van der Waals surface area contributed by atoms with E-state index in [4.69, 9.17) is 0 Å². The minimum atomic E-state index is -0.296. The predicted octanol–water partition coefficient (Wildman–Crippen LogP) is 3.33. The van der Waals surface area contributed by atoms with Crippen molar-refractivity contribution < 1.29 is 13.6 Å². The Kier molecular flexibility index (Phi) is 4.89. The molecule has 24 heavy (non-hydrogen) atoms. The number of piperazine rings is 1. The fourth-order valence-electron chi connectivity index (χ4n) is 2.68. The highest BCUT2D eigenvalue weighted by Gasteiger charge is 2.19. The predicted molar refractivity (Wildman–Crippen MR) is 90.6 cm³/mol. The number of amides is 1. The van der Waals surface area contributed by atoms with Crippen LogP contribution in [0, 0.1) is 11.6 Å². The van der Waals surface area contributed by atoms with Crippen LogP contribution in [0.1, 0.15) is 5.56 Å². The molecule has 1 fully saturated rings. The van der Waals surface area contributed by atoms with Crippen molar-refractivity contribution in [3.8, 4) is 0 Å². The van der Waals surface area contributed by atoms with Gasteiger partial charge in [0.15, 0.2) is 0 Å². The third-order valence-electron chi connectivity index (χ3n) is 4.07. The number of halogens is 2. The normalized spacial score (nSPS) is 15.1. The largest absolute Gasteiger partial charge is 0.368 e. The minimum absolute atomic E-state index is 0.0573. The van der Waals surface area contributed by atoms with Crippen LogP contribution < -0.4 is 4.90 Å². The lowest BCUT2D eigenvalue weighted by Gasteiger charge is -2.35. The van der Waals surface area contributed by atoms with Crippen molar-refractivity contribution in [1.29, 1.82) is 0 Å². The van der Waals surface area contributed by atoms with Gasteiger partial charge in [-0.25, -0.2) is 8.78 Å². The van der Waals surface area contributed by atoms with Crippen LogP contribution in [0.3, 0.4) is 0 Å². The van der Waals surface area contributed by atoms with Gasteiger partial charge in [0.05, 0.1) is 0 Å². The fourth-order valence-corrected chi connectivity index (χ4v) is 2.68. The average molecular weight is 328 g/mol. The number of hydrogen-bond donors (Lipinski definition) is 0. The summed E-state index contributed by atoms with van der Waals surface area (Å²) >= 11 is 0. The molecular formula is C19H18F2N2O. The molecule has 5 heteroatoms. The summed E-state index contributed by atoms with van der Waals surface area (Å²) in [7, 11) is 0. The molecule has 1 aliphatic rings. The molecule has 0 unspecified atom stereocenters. The molecule has 1 heterocycles. The van der Waals surface area contributed by atoms with Crippen LogP contribution in [-0.2, 0) is 4.79 Å². The Morgan fingerprint density at radius 2 is 1.38 bits per heavy atom. The Balaban J connectivity index is 1.55. The molecule has 1 amide bonds. The number of rotatable bonds is 3. The van der Waals surface area contributed by atoms with Gasteiger partial charge in [0.25, 0.3) is 0 Å². The highest BCUT2D eigenvalue weighted by atomic mass is 19.1. The van der Waals surface area contributed by atoms with Gasteiger partial charge in [-0.3, -0.25) is 4.79 Å². The SMILES string of the molecule is O=C(C=Cc1ccc(F)cc1)N1CCN(c2ccc(F)cc2)CC1. The van der Waals surface area contributed by atoms with E-state index in [-0.39, 0.29) is 17.5 Å². The lowest BCUT2D eigenvalue weighted by molar-refractivity contribution is -0.126. The smallest absolute Gasteiger partial charge is 0.246 e. The average Bonchev–Trinajstić information content (AvgIpc) is 2.62. The fraction of sp³-hybridized carbons (Fsp3) is 0.211. The molecular weight excluding hydrogens is 310 g/mol. The van der Waals surface area contributed by atoms with E-state index in [2.05, 4.69) is 4.90 Å². The lowest BCUT2D eigenvalue weighted by atomic mass is 10.2. The molecule has 0 aromatic heterocycles. The van der Waals surface area contributed by atoms with Crippen molar-refractivity contribution in [3.05, 3.63) is 71.8 Å². The first-order valence-corrected chi connectivity index (χ1v) is 7.85. The lowest BCUT2D eigenvalue weighted by Crippen LogP contribution is -2.48. The van der Waals surface area contributed by atoms with Crippen LogP contribution in [0.4, 0.5) is 14.5 Å². The van der Waals surface area contributed by atoms with Gasteiger partial charge in [-0.2, -0.15) is 0 Å². The van der Waals surface area contributed by atoms with E-state index in [1.165, 1.54) is 30.3 Å². The van der Waals surface area contributed by atoms with Crippen molar-refractivity contribution in [2.24, 2.45) is 0 Å². The number of carbonyl (C=O) groups excluding carboxylic acids is 1. The zero-order valence-electron chi connectivity index (χ0n) is 13.2. The van der Waals surface area contributed by atoms with E-state index in [0.29, 0.717) is 26.2 Å². The number of benzene rings is 2. The summed E-state index contributed by atoms with van der Waals surface area (Å²) in [5.74, 6) is -0.605. The molecule has 0 radical (unpaired) electrons. The van der Waals surface area contributed by atoms with Crippen molar-refractivity contribution in [3.63, 3.8) is 0 Å². The Morgan fingerprint density at radius 1 is 0.833 bits per heavy atom. The monoisotopic (exact) mass is 328 g/mol. The zero-order valence-corrected chi connectivity index (χ0v) is 13.2. The maximum Gasteiger partial charge on any atom is 0.246 e. The van der Waals surface area contributed by atoms with Gasteiger partial charge in [0, 0.05) is 37.9 Å². The zero-order chi connectivity index (χ0) is 16.9. The number of hydrogen-bond acceptors (Lipinski definition) is 2. The van der Waals surface area contributed by atoms with Gasteiger partial charge in [-0.1, -0.05) is 12.1 Å². The van der Waals surface area contributed by atoms with Crippen LogP contribution >= 0.6 is 0 Å². The molecule has 124 valence electrons. The molecule has 0 N–H and O–H groups in total. The van der Waals surface area contributed by atoms with Crippen molar-refractivity contribution in [2.45, 2.75) is 0 Å². The van der Waals surface area contributed by atoms with Gasteiger partial charge in [-0.05, 0) is 48.0 Å². The molecule has 1 saturated heterocycles. The molecule has 3 rings (SSSR count). The van der Waals surface area contributed by atoms with Crippen LogP contribution in [0.15, 0.2) is 54.6 Å². The summed E-state index contributed by atoms with van der Waals surface area (Å²) in [6.07, 6.45) is 3.20. The summed E-state index contributed by atoms with van der Waals surface area (Å²) in [5.41, 5.74) is 1.75. The van der Waals surface area contributed by atoms with Crippen molar-refractivity contribution in [1.82, 2.24) is 4.90 Å². The summed E-state index contributed by atoms with van der Waals surface area (Å²) in [4.78, 5) is 16.1. The van der Waals surface area contributed by atoms with Gasteiger partial charge >= 0.3 is 0 Å². The number of anilines is 1. The molecule has 0 bridgehead atoms. The molecule has 2 aromatic carbocycles. The van der Waals surface area contributed by atoms with Crippen LogP contribution in [-0.4, -0.2) is 37.0 Å². The molecule has 1 aliphatic heterocycles. The summed E-state index contributed by atoms with van der Waals surface area (Å²) in [5, 5.41) is 0. The minimum Gasteiger partial charge on any atom is -0.368 e. The standard InChI is InChI=1S/C19H18F2N2O/c20-16-4-1-15(2-5-16)3-10-19(24)23-13-11-22(12-14-23)18-8-6-17(21)7-9-18/h1-10H,11-14H2. The van der Waals surface area contributed by atoms with Crippen molar-refractivity contribution >= 4 is 17.7 Å². The van der Waals surface area contributed by atoms with E-state index in [9.17, 15) is 13.6 Å². The van der Waals surface area contributed by atoms with E-state index in [0.717, 1.165) is 11.3 Å². The highest BCUT2D eigenvalue weighted by Crippen LogP contribution is 2.17. The second-order valence-electron chi connectivity index (χ2n) is 5.67. The van der Waals surface area contributed by atoms with E-state index < -0.39 is 0 Å². The van der Waals surface area contributed by atoms with Crippen LogP contribution in [0.5, 0.6) is 0 Å². The van der Waals surface area contributed by atoms with Gasteiger partial charge < -0.3 is 9.80 Å². The third-order valence-corrected chi connectivity index (χ3v) is 4.07. The Morgan fingerprint density at radius 3 is 1.96 bits per heavy atom. The molecule has 2 aromatic rings. The molecule has 0 aliphatic carbocycles.